The Bertz CT molecular complexity index is 330. The van der Waals surface area contributed by atoms with Crippen LogP contribution in [0.5, 0.6) is 0 Å². The zero-order valence-corrected chi connectivity index (χ0v) is 12.7. The minimum Gasteiger partial charge on any atom is -0.468 e. The van der Waals surface area contributed by atoms with E-state index in [4.69, 9.17) is 4.74 Å². The topological polar surface area (TPSA) is 58.6 Å². The monoisotopic (exact) mass is 282 g/mol. The SMILES string of the molecule is C=CCN(CC=C)C(=O)CNC(CC(C)C)C(=O)OC. The van der Waals surface area contributed by atoms with Crippen LogP contribution in [-0.4, -0.2) is 49.6 Å². The minimum atomic E-state index is -0.460. The number of nitrogens with zero attached hydrogens (tertiary/aromatic N) is 1. The summed E-state index contributed by atoms with van der Waals surface area (Å²) in [6.07, 6.45) is 3.95. The van der Waals surface area contributed by atoms with Crippen LogP contribution < -0.4 is 5.32 Å². The molecular weight excluding hydrogens is 256 g/mol. The molecule has 114 valence electrons. The van der Waals surface area contributed by atoms with E-state index in [2.05, 4.69) is 18.5 Å². The first-order valence-electron chi connectivity index (χ1n) is 6.77. The van der Waals surface area contributed by atoms with Crippen molar-refractivity contribution in [3.8, 4) is 0 Å². The molecule has 5 nitrogen and oxygen atoms in total. The van der Waals surface area contributed by atoms with Gasteiger partial charge in [0, 0.05) is 13.1 Å². The molecule has 0 saturated heterocycles. The number of carbonyl (C=O) groups excluding carboxylic acids is 2. The van der Waals surface area contributed by atoms with Crippen molar-refractivity contribution in [2.24, 2.45) is 5.92 Å². The molecule has 1 N–H and O–H groups in total. The van der Waals surface area contributed by atoms with Crippen LogP contribution in [0.1, 0.15) is 20.3 Å². The summed E-state index contributed by atoms with van der Waals surface area (Å²) in [7, 11) is 1.35. The van der Waals surface area contributed by atoms with Gasteiger partial charge in [-0.05, 0) is 12.3 Å². The molecular formula is C15H26N2O3. The zero-order valence-electron chi connectivity index (χ0n) is 12.7. The summed E-state index contributed by atoms with van der Waals surface area (Å²) in [5.74, 6) is -0.105. The van der Waals surface area contributed by atoms with Crippen LogP contribution in [0.3, 0.4) is 0 Å². The first-order chi connectivity index (χ1) is 9.46. The fourth-order valence-electron chi connectivity index (χ4n) is 1.79. The number of hydrogen-bond donors (Lipinski definition) is 1. The standard InChI is InChI=1S/C15H26N2O3/c1-6-8-17(9-7-2)14(18)11-16-13(10-12(3)4)15(19)20-5/h6-7,12-13,16H,1-2,8-11H2,3-5H3. The first kappa shape index (κ1) is 18.4. The van der Waals surface area contributed by atoms with E-state index in [-0.39, 0.29) is 18.4 Å². The first-order valence-corrected chi connectivity index (χ1v) is 6.77. The number of rotatable bonds is 10. The molecule has 0 aromatic heterocycles. The Morgan fingerprint density at radius 1 is 1.25 bits per heavy atom. The third kappa shape index (κ3) is 7.09. The number of amides is 1. The lowest BCUT2D eigenvalue weighted by Crippen LogP contribution is -2.45. The highest BCUT2D eigenvalue weighted by Gasteiger charge is 2.21. The van der Waals surface area contributed by atoms with E-state index >= 15 is 0 Å². The summed E-state index contributed by atoms with van der Waals surface area (Å²) in [5, 5.41) is 2.96. The highest BCUT2D eigenvalue weighted by molar-refractivity contribution is 5.80. The van der Waals surface area contributed by atoms with E-state index in [0.29, 0.717) is 25.4 Å². The number of nitrogens with one attached hydrogen (secondary N) is 1. The van der Waals surface area contributed by atoms with Crippen molar-refractivity contribution in [2.75, 3.05) is 26.7 Å². The van der Waals surface area contributed by atoms with E-state index in [0.717, 1.165) is 0 Å². The van der Waals surface area contributed by atoms with Gasteiger partial charge in [-0.15, -0.1) is 13.2 Å². The lowest BCUT2D eigenvalue weighted by Gasteiger charge is -2.22. The van der Waals surface area contributed by atoms with Gasteiger partial charge in [0.25, 0.3) is 0 Å². The Hall–Kier alpha value is -1.62. The molecule has 0 bridgehead atoms. The normalized spacial score (nSPS) is 11.8. The predicted molar refractivity (Wildman–Crippen MR) is 80.2 cm³/mol. The maximum atomic E-state index is 12.0. The lowest BCUT2D eigenvalue weighted by atomic mass is 10.0. The minimum absolute atomic E-state index is 0.0914. The third-order valence-electron chi connectivity index (χ3n) is 2.74. The number of ether oxygens (including phenoxy) is 1. The third-order valence-corrected chi connectivity index (χ3v) is 2.74. The predicted octanol–water partition coefficient (Wildman–Crippen LogP) is 1.36. The summed E-state index contributed by atoms with van der Waals surface area (Å²) < 4.78 is 4.74. The van der Waals surface area contributed by atoms with Crippen molar-refractivity contribution in [3.05, 3.63) is 25.3 Å². The molecule has 0 heterocycles. The molecule has 20 heavy (non-hydrogen) atoms. The van der Waals surface area contributed by atoms with Gasteiger partial charge >= 0.3 is 5.97 Å². The highest BCUT2D eigenvalue weighted by Crippen LogP contribution is 2.06. The van der Waals surface area contributed by atoms with Crippen molar-refractivity contribution >= 4 is 11.9 Å². The van der Waals surface area contributed by atoms with E-state index < -0.39 is 6.04 Å². The van der Waals surface area contributed by atoms with Crippen LogP contribution >= 0.6 is 0 Å². The van der Waals surface area contributed by atoms with E-state index in [1.54, 1.807) is 17.1 Å². The Balaban J connectivity index is 4.50. The number of methoxy groups -OCH3 is 1. The van der Waals surface area contributed by atoms with Crippen molar-refractivity contribution in [1.82, 2.24) is 10.2 Å². The van der Waals surface area contributed by atoms with Gasteiger partial charge in [0.05, 0.1) is 13.7 Å². The quantitative estimate of drug-likeness (QED) is 0.485. The molecule has 0 aromatic rings. The molecule has 0 aromatic carbocycles. The largest absolute Gasteiger partial charge is 0.468 e. The van der Waals surface area contributed by atoms with Crippen LogP contribution in [0.25, 0.3) is 0 Å². The molecule has 1 amide bonds. The summed E-state index contributed by atoms with van der Waals surface area (Å²) >= 11 is 0. The Labute approximate surface area is 121 Å². The van der Waals surface area contributed by atoms with Gasteiger partial charge in [-0.2, -0.15) is 0 Å². The van der Waals surface area contributed by atoms with Gasteiger partial charge < -0.3 is 9.64 Å². The van der Waals surface area contributed by atoms with Crippen molar-refractivity contribution in [3.63, 3.8) is 0 Å². The summed E-state index contributed by atoms with van der Waals surface area (Å²) in [4.78, 5) is 25.3. The fourth-order valence-corrected chi connectivity index (χ4v) is 1.79. The van der Waals surface area contributed by atoms with Crippen LogP contribution in [0.2, 0.25) is 0 Å². The second kappa shape index (κ2) is 10.2. The molecule has 0 aliphatic heterocycles. The van der Waals surface area contributed by atoms with Gasteiger partial charge in [-0.3, -0.25) is 14.9 Å². The fraction of sp³-hybridized carbons (Fsp3) is 0.600. The lowest BCUT2D eigenvalue weighted by molar-refractivity contribution is -0.143. The summed E-state index contributed by atoms with van der Waals surface area (Å²) in [6.45, 7) is 12.3. The second-order valence-corrected chi connectivity index (χ2v) is 4.96. The molecule has 0 fully saturated rings. The molecule has 0 radical (unpaired) electrons. The second-order valence-electron chi connectivity index (χ2n) is 4.96. The summed E-state index contributed by atoms with van der Waals surface area (Å²) in [5.41, 5.74) is 0. The Morgan fingerprint density at radius 3 is 2.20 bits per heavy atom. The summed E-state index contributed by atoms with van der Waals surface area (Å²) in [6, 6.07) is -0.460. The smallest absolute Gasteiger partial charge is 0.322 e. The van der Waals surface area contributed by atoms with Crippen molar-refractivity contribution < 1.29 is 14.3 Å². The number of hydrogen-bond acceptors (Lipinski definition) is 4. The molecule has 5 heteroatoms. The Kier molecular flexibility index (Phi) is 9.38. The Morgan fingerprint density at radius 2 is 1.80 bits per heavy atom. The van der Waals surface area contributed by atoms with E-state index in [1.165, 1.54) is 7.11 Å². The van der Waals surface area contributed by atoms with Crippen LogP contribution in [0, 0.1) is 5.92 Å². The molecule has 0 aliphatic carbocycles. The average Bonchev–Trinajstić information content (AvgIpc) is 2.41. The molecule has 0 spiro atoms. The molecule has 0 aliphatic rings. The molecule has 1 atom stereocenters. The molecule has 0 saturated carbocycles. The average molecular weight is 282 g/mol. The maximum absolute atomic E-state index is 12.0. The molecule has 0 rings (SSSR count). The maximum Gasteiger partial charge on any atom is 0.322 e. The van der Waals surface area contributed by atoms with Gasteiger partial charge in [0.1, 0.15) is 6.04 Å². The van der Waals surface area contributed by atoms with E-state index in [9.17, 15) is 9.59 Å². The van der Waals surface area contributed by atoms with Crippen LogP contribution in [0.4, 0.5) is 0 Å². The van der Waals surface area contributed by atoms with Crippen molar-refractivity contribution in [2.45, 2.75) is 26.3 Å². The highest BCUT2D eigenvalue weighted by atomic mass is 16.5. The van der Waals surface area contributed by atoms with E-state index in [1.807, 2.05) is 13.8 Å². The van der Waals surface area contributed by atoms with Crippen molar-refractivity contribution in [1.29, 1.82) is 0 Å². The van der Waals surface area contributed by atoms with Gasteiger partial charge in [-0.1, -0.05) is 26.0 Å². The number of esters is 1. The van der Waals surface area contributed by atoms with Gasteiger partial charge in [0.15, 0.2) is 0 Å². The van der Waals surface area contributed by atoms with Crippen LogP contribution in [0.15, 0.2) is 25.3 Å². The van der Waals surface area contributed by atoms with Gasteiger partial charge in [-0.25, -0.2) is 0 Å². The zero-order chi connectivity index (χ0) is 15.5. The number of carbonyl (C=O) groups is 2. The van der Waals surface area contributed by atoms with Gasteiger partial charge in [0.2, 0.25) is 5.91 Å². The molecule has 1 unspecified atom stereocenters. The van der Waals surface area contributed by atoms with Crippen LogP contribution in [-0.2, 0) is 14.3 Å².